The van der Waals surface area contributed by atoms with Crippen LogP contribution in [0.25, 0.3) is 16.6 Å². The lowest BCUT2D eigenvalue weighted by Gasteiger charge is -2.27. The highest BCUT2D eigenvalue weighted by Crippen LogP contribution is 2.25. The molecule has 5 rings (SSSR count). The van der Waals surface area contributed by atoms with Crippen molar-refractivity contribution in [2.45, 2.75) is 6.42 Å². The summed E-state index contributed by atoms with van der Waals surface area (Å²) in [7, 11) is 0. The molecule has 0 radical (unpaired) electrons. The van der Waals surface area contributed by atoms with Crippen LogP contribution < -0.4 is 10.2 Å². The molecule has 0 unspecified atom stereocenters. The molecule has 4 aromatic rings. The van der Waals surface area contributed by atoms with Crippen LogP contribution in [0.1, 0.15) is 11.3 Å². The molecule has 1 saturated heterocycles. The van der Waals surface area contributed by atoms with E-state index < -0.39 is 11.6 Å². The van der Waals surface area contributed by atoms with Gasteiger partial charge in [-0.25, -0.2) is 18.3 Å². The van der Waals surface area contributed by atoms with Crippen LogP contribution in [-0.4, -0.2) is 45.1 Å². The molecule has 0 saturated carbocycles. The highest BCUT2D eigenvalue weighted by Gasteiger charge is 2.20. The van der Waals surface area contributed by atoms with Gasteiger partial charge in [-0.05, 0) is 24.3 Å². The average molecular weight is 394 g/mol. The molecular formula is C20H16F2N6O. The molecule has 1 aliphatic rings. The summed E-state index contributed by atoms with van der Waals surface area (Å²) in [4.78, 5) is 21.8. The lowest BCUT2D eigenvalue weighted by molar-refractivity contribution is -0.120. The van der Waals surface area contributed by atoms with E-state index in [2.05, 4.69) is 20.4 Å². The lowest BCUT2D eigenvalue weighted by atomic mass is 10.0. The highest BCUT2D eigenvalue weighted by molar-refractivity contribution is 5.82. The van der Waals surface area contributed by atoms with Gasteiger partial charge < -0.3 is 10.2 Å². The number of pyridine rings is 1. The number of imidazole rings is 1. The number of amides is 1. The zero-order valence-electron chi connectivity index (χ0n) is 15.3. The second-order valence-corrected chi connectivity index (χ2v) is 6.88. The summed E-state index contributed by atoms with van der Waals surface area (Å²) < 4.78 is 31.1. The van der Waals surface area contributed by atoms with Crippen molar-refractivity contribution >= 4 is 28.3 Å². The number of anilines is 1. The number of carbonyl (C=O) groups is 1. The summed E-state index contributed by atoms with van der Waals surface area (Å²) in [6.07, 6.45) is 3.04. The zero-order valence-corrected chi connectivity index (χ0v) is 15.3. The van der Waals surface area contributed by atoms with Gasteiger partial charge in [0, 0.05) is 42.7 Å². The summed E-state index contributed by atoms with van der Waals surface area (Å²) in [5, 5.41) is 7.59. The number of nitrogens with zero attached hydrogens (tertiary/aromatic N) is 5. The Kier molecular flexibility index (Phi) is 4.08. The Bertz CT molecular complexity index is 1250. The Morgan fingerprint density at radius 2 is 2.07 bits per heavy atom. The Morgan fingerprint density at radius 3 is 2.93 bits per heavy atom. The molecule has 146 valence electrons. The first-order chi connectivity index (χ1) is 14.1. The molecule has 4 heterocycles. The highest BCUT2D eigenvalue weighted by atomic mass is 19.1. The number of hydrogen-bond donors (Lipinski definition) is 1. The molecule has 1 aliphatic heterocycles. The normalized spacial score (nSPS) is 14.6. The predicted molar refractivity (Wildman–Crippen MR) is 103 cm³/mol. The number of hydrogen-bond acceptors (Lipinski definition) is 5. The smallest absolute Gasteiger partial charge is 0.239 e. The maximum absolute atomic E-state index is 15.0. The minimum absolute atomic E-state index is 0.0133. The number of fused-ring (bicyclic) bond motifs is 2. The third-order valence-electron chi connectivity index (χ3n) is 5.03. The number of aromatic nitrogens is 4. The van der Waals surface area contributed by atoms with Crippen molar-refractivity contribution in [1.82, 2.24) is 24.9 Å². The fourth-order valence-corrected chi connectivity index (χ4v) is 3.57. The van der Waals surface area contributed by atoms with Crippen molar-refractivity contribution in [1.29, 1.82) is 0 Å². The number of halogens is 2. The zero-order chi connectivity index (χ0) is 20.0. The van der Waals surface area contributed by atoms with Gasteiger partial charge in [0.2, 0.25) is 5.91 Å². The Hall–Kier alpha value is -3.62. The summed E-state index contributed by atoms with van der Waals surface area (Å²) in [5.74, 6) is -0.757. The van der Waals surface area contributed by atoms with Gasteiger partial charge in [0.05, 0.1) is 24.0 Å². The van der Waals surface area contributed by atoms with E-state index in [0.717, 1.165) is 0 Å². The molecule has 9 heteroatoms. The number of benzene rings is 1. The van der Waals surface area contributed by atoms with Crippen molar-refractivity contribution in [2.75, 3.05) is 24.5 Å². The molecule has 0 atom stereocenters. The molecule has 7 nitrogen and oxygen atoms in total. The summed E-state index contributed by atoms with van der Waals surface area (Å²) in [6.45, 7) is 1.38. The van der Waals surface area contributed by atoms with Gasteiger partial charge >= 0.3 is 0 Å². The Morgan fingerprint density at radius 1 is 1.17 bits per heavy atom. The number of nitrogens with one attached hydrogen (secondary N) is 1. The van der Waals surface area contributed by atoms with E-state index in [-0.39, 0.29) is 35.3 Å². The molecule has 0 aliphatic carbocycles. The largest absolute Gasteiger partial charge is 0.353 e. The van der Waals surface area contributed by atoms with Gasteiger partial charge in [-0.1, -0.05) is 0 Å². The van der Waals surface area contributed by atoms with Crippen LogP contribution in [0.3, 0.4) is 0 Å². The van der Waals surface area contributed by atoms with E-state index in [4.69, 9.17) is 0 Å². The average Bonchev–Trinajstić information content (AvgIpc) is 3.13. The summed E-state index contributed by atoms with van der Waals surface area (Å²) in [5.41, 5.74) is 1.32. The Balaban J connectivity index is 1.55. The van der Waals surface area contributed by atoms with Gasteiger partial charge in [0.25, 0.3) is 0 Å². The second kappa shape index (κ2) is 6.77. The summed E-state index contributed by atoms with van der Waals surface area (Å²) in [6, 6.07) is 7.99. The maximum atomic E-state index is 15.0. The van der Waals surface area contributed by atoms with E-state index in [1.807, 2.05) is 4.90 Å². The van der Waals surface area contributed by atoms with Crippen LogP contribution in [0, 0.1) is 11.6 Å². The third-order valence-corrected chi connectivity index (χ3v) is 5.03. The number of carbonyl (C=O) groups excluding carboxylic acids is 1. The molecule has 1 amide bonds. The molecule has 0 spiro atoms. The van der Waals surface area contributed by atoms with Crippen molar-refractivity contribution in [3.63, 3.8) is 0 Å². The monoisotopic (exact) mass is 394 g/mol. The number of piperazine rings is 1. The standard InChI is InChI=1S/C20H16F2N6O/c21-15-9-16-13(2-1-5-23-16)20(22)14(15)8-12-10-25-17-3-4-18(26-28(12)17)27-7-6-24-19(29)11-27/h1-5,9-10H,6-8,11H2,(H,24,29). The molecule has 1 N–H and O–H groups in total. The fraction of sp³-hybridized carbons (Fsp3) is 0.200. The maximum Gasteiger partial charge on any atom is 0.239 e. The molecular weight excluding hydrogens is 378 g/mol. The molecule has 3 aromatic heterocycles. The number of rotatable bonds is 3. The first kappa shape index (κ1) is 17.5. The van der Waals surface area contributed by atoms with Crippen LogP contribution >= 0.6 is 0 Å². The first-order valence-corrected chi connectivity index (χ1v) is 9.17. The van der Waals surface area contributed by atoms with Crippen molar-refractivity contribution < 1.29 is 13.6 Å². The van der Waals surface area contributed by atoms with Crippen LogP contribution in [0.4, 0.5) is 14.6 Å². The quantitative estimate of drug-likeness (QED) is 0.576. The van der Waals surface area contributed by atoms with Crippen molar-refractivity contribution in [3.05, 3.63) is 65.6 Å². The van der Waals surface area contributed by atoms with Crippen molar-refractivity contribution in [3.8, 4) is 0 Å². The van der Waals surface area contributed by atoms with E-state index in [1.54, 1.807) is 35.0 Å². The van der Waals surface area contributed by atoms with Gasteiger partial charge in [-0.15, -0.1) is 5.10 Å². The van der Waals surface area contributed by atoms with Crippen molar-refractivity contribution in [2.24, 2.45) is 0 Å². The van der Waals surface area contributed by atoms with Crippen LogP contribution in [0.15, 0.2) is 42.7 Å². The Labute approximate surface area is 164 Å². The van der Waals surface area contributed by atoms with Gasteiger partial charge in [0.15, 0.2) is 5.65 Å². The van der Waals surface area contributed by atoms with Gasteiger partial charge in [-0.2, -0.15) is 0 Å². The van der Waals surface area contributed by atoms with E-state index >= 15 is 0 Å². The van der Waals surface area contributed by atoms with E-state index in [9.17, 15) is 13.6 Å². The minimum atomic E-state index is -0.660. The first-order valence-electron chi connectivity index (χ1n) is 9.17. The van der Waals surface area contributed by atoms with Gasteiger partial charge in [-0.3, -0.25) is 9.78 Å². The SMILES string of the molecule is O=C1CN(c2ccc3ncc(Cc4c(F)cc5ncccc5c4F)n3n2)CCN1. The van der Waals surface area contributed by atoms with E-state index in [1.165, 1.54) is 12.3 Å². The minimum Gasteiger partial charge on any atom is -0.353 e. The van der Waals surface area contributed by atoms with Crippen LogP contribution in [0.5, 0.6) is 0 Å². The molecule has 1 aromatic carbocycles. The molecule has 0 bridgehead atoms. The molecule has 1 fully saturated rings. The predicted octanol–water partition coefficient (Wildman–Crippen LogP) is 2.08. The van der Waals surface area contributed by atoms with Crippen LogP contribution in [0.2, 0.25) is 0 Å². The molecule has 29 heavy (non-hydrogen) atoms. The fourth-order valence-electron chi connectivity index (χ4n) is 3.57. The van der Waals surface area contributed by atoms with E-state index in [0.29, 0.717) is 30.2 Å². The third kappa shape index (κ3) is 3.04. The summed E-state index contributed by atoms with van der Waals surface area (Å²) >= 11 is 0. The van der Waals surface area contributed by atoms with Gasteiger partial charge in [0.1, 0.15) is 17.5 Å². The lowest BCUT2D eigenvalue weighted by Crippen LogP contribution is -2.48. The topological polar surface area (TPSA) is 75.4 Å². The second-order valence-electron chi connectivity index (χ2n) is 6.88. The van der Waals surface area contributed by atoms with Crippen LogP contribution in [-0.2, 0) is 11.2 Å².